The van der Waals surface area contributed by atoms with Crippen LogP contribution in [0.1, 0.15) is 32.0 Å². The first-order chi connectivity index (χ1) is 15.6. The largest absolute Gasteiger partial charge is 0.472 e. The molecule has 6 atom stereocenters. The van der Waals surface area contributed by atoms with E-state index in [1.54, 1.807) is 4.57 Å². The Labute approximate surface area is 187 Å². The molecular formula is C16H26N5O10P2+. The summed E-state index contributed by atoms with van der Waals surface area (Å²) in [5.74, 6) is 0.535. The van der Waals surface area contributed by atoms with Crippen molar-refractivity contribution in [3.8, 4) is 0 Å². The maximum atomic E-state index is 12.5. The van der Waals surface area contributed by atoms with Crippen LogP contribution in [0.4, 0.5) is 5.95 Å². The van der Waals surface area contributed by atoms with E-state index < -0.39 is 40.7 Å². The molecule has 4 heterocycles. The van der Waals surface area contributed by atoms with E-state index in [1.807, 2.05) is 11.5 Å². The van der Waals surface area contributed by atoms with Crippen molar-refractivity contribution < 1.29 is 46.3 Å². The second kappa shape index (κ2) is 9.17. The van der Waals surface area contributed by atoms with Crippen LogP contribution in [-0.4, -0.2) is 63.9 Å². The molecule has 1 saturated heterocycles. The topological polar surface area (TPSA) is 187 Å². The van der Waals surface area contributed by atoms with Crippen LogP contribution in [0.5, 0.6) is 0 Å². The fourth-order valence-corrected chi connectivity index (χ4v) is 5.07. The number of aromatic amines is 1. The number of fused-ring (bicyclic) bond motifs is 3. The number of hydrogen-bond acceptors (Lipinski definition) is 10. The van der Waals surface area contributed by atoms with E-state index in [0.717, 1.165) is 20.6 Å². The van der Waals surface area contributed by atoms with Gasteiger partial charge < -0.3 is 14.5 Å². The van der Waals surface area contributed by atoms with Crippen LogP contribution in [0.15, 0.2) is 11.1 Å². The summed E-state index contributed by atoms with van der Waals surface area (Å²) in [4.78, 5) is 38.9. The predicted octanol–water partition coefficient (Wildman–Crippen LogP) is 0.572. The van der Waals surface area contributed by atoms with E-state index in [-0.39, 0.29) is 23.5 Å². The molecule has 2 aromatic rings. The molecule has 0 spiro atoms. The van der Waals surface area contributed by atoms with Crippen LogP contribution in [0.2, 0.25) is 0 Å². The highest BCUT2D eigenvalue weighted by Crippen LogP contribution is 2.49. The van der Waals surface area contributed by atoms with Crippen LogP contribution in [-0.2, 0) is 32.0 Å². The number of hydrogen-bond donors (Lipinski definition) is 4. The number of nitrogens with one attached hydrogen (secondary N) is 2. The van der Waals surface area contributed by atoms with Crippen molar-refractivity contribution in [3.05, 3.63) is 16.7 Å². The van der Waals surface area contributed by atoms with Gasteiger partial charge in [-0.3, -0.25) is 28.2 Å². The number of rotatable bonds is 9. The third-order valence-electron chi connectivity index (χ3n) is 5.65. The van der Waals surface area contributed by atoms with Crippen LogP contribution >= 0.6 is 15.6 Å². The van der Waals surface area contributed by atoms with Crippen molar-refractivity contribution in [2.45, 2.75) is 44.2 Å². The molecule has 17 heteroatoms. The van der Waals surface area contributed by atoms with Gasteiger partial charge in [0.1, 0.15) is 24.6 Å². The normalized spacial score (nSPS) is 28.4. The van der Waals surface area contributed by atoms with Gasteiger partial charge in [-0.25, -0.2) is 28.2 Å². The van der Waals surface area contributed by atoms with E-state index in [9.17, 15) is 23.7 Å². The van der Waals surface area contributed by atoms with E-state index >= 15 is 0 Å². The molecule has 2 aromatic heterocycles. The summed E-state index contributed by atoms with van der Waals surface area (Å²) in [6.07, 6.45) is -0.594. The molecule has 0 aliphatic carbocycles. The molecule has 4 N–H and O–H groups in total. The van der Waals surface area contributed by atoms with Gasteiger partial charge in [0.05, 0.1) is 13.2 Å². The van der Waals surface area contributed by atoms with Gasteiger partial charge in [-0.2, -0.15) is 0 Å². The molecule has 0 amide bonds. The summed E-state index contributed by atoms with van der Waals surface area (Å²) >= 11 is 0. The Hall–Kier alpha value is -1.67. The lowest BCUT2D eigenvalue weighted by molar-refractivity contribution is -0.677. The zero-order chi connectivity index (χ0) is 24.0. The molecule has 2 aliphatic heterocycles. The van der Waals surface area contributed by atoms with Crippen LogP contribution in [0, 0.1) is 0 Å². The maximum Gasteiger partial charge on any atom is 0.472 e. The second-order valence-corrected chi connectivity index (χ2v) is 10.6. The number of phosphoric acid groups is 2. The standard InChI is InChI=1S/C16H25N5O10P2/c1-4-9-6-17-16-19-14(22)13-15(21(9)16)20(8-18-13)12-5-10(31-33(25,26)28-3)11(30-12)7-29-32(23,24)27-2/h8-12H,4-7H2,1-3H3,(H3,17,19,22,23,24,25,26)/p+1/t9?,10-,11-,12-/m1/s1. The fourth-order valence-electron chi connectivity index (χ4n) is 3.98. The van der Waals surface area contributed by atoms with Crippen molar-refractivity contribution in [2.75, 3.05) is 32.7 Å². The third kappa shape index (κ3) is 4.78. The molecule has 1 fully saturated rings. The molecule has 0 aromatic carbocycles. The Morgan fingerprint density at radius 3 is 2.70 bits per heavy atom. The van der Waals surface area contributed by atoms with Crippen molar-refractivity contribution in [2.24, 2.45) is 0 Å². The van der Waals surface area contributed by atoms with Crippen LogP contribution in [0.3, 0.4) is 0 Å². The lowest BCUT2D eigenvalue weighted by Crippen LogP contribution is -2.41. The quantitative estimate of drug-likeness (QED) is 0.272. The van der Waals surface area contributed by atoms with Crippen LogP contribution in [0.25, 0.3) is 11.2 Å². The first kappa shape index (κ1) is 24.5. The minimum Gasteiger partial charge on any atom is -0.340 e. The summed E-state index contributed by atoms with van der Waals surface area (Å²) in [6, 6.07) is 0.0514. The highest BCUT2D eigenvalue weighted by molar-refractivity contribution is 7.47. The molecule has 3 unspecified atom stereocenters. The summed E-state index contributed by atoms with van der Waals surface area (Å²) in [5.41, 5.74) is 0.315. The predicted molar refractivity (Wildman–Crippen MR) is 111 cm³/mol. The number of phosphoric ester groups is 2. The Balaban J connectivity index is 1.70. The summed E-state index contributed by atoms with van der Waals surface area (Å²) < 4.78 is 52.3. The van der Waals surface area contributed by atoms with Crippen molar-refractivity contribution in [1.82, 2.24) is 14.5 Å². The Bertz CT molecular complexity index is 1180. The van der Waals surface area contributed by atoms with Gasteiger partial charge in [0.2, 0.25) is 11.2 Å². The smallest absolute Gasteiger partial charge is 0.340 e. The summed E-state index contributed by atoms with van der Waals surface area (Å²) in [6.45, 7) is 2.17. The average Bonchev–Trinajstić information content (AvgIpc) is 3.48. The highest BCUT2D eigenvalue weighted by Gasteiger charge is 2.45. The van der Waals surface area contributed by atoms with Crippen molar-refractivity contribution in [3.63, 3.8) is 0 Å². The van der Waals surface area contributed by atoms with E-state index in [2.05, 4.69) is 24.3 Å². The Kier molecular flexibility index (Phi) is 6.80. The minimum absolute atomic E-state index is 0.0441. The molecule has 4 rings (SSSR count). The minimum atomic E-state index is -4.41. The molecule has 2 aliphatic rings. The SMILES string of the molecule is CCC1CNc2[nH]c(=O)c3ncn([C@H]4C[C@@H](OP(=O)(O)OC)[C@@H](COP(=O)(O)OC)O4)c3[n+]21. The monoisotopic (exact) mass is 510 g/mol. The third-order valence-corrected chi connectivity index (χ3v) is 7.58. The Morgan fingerprint density at radius 2 is 2.03 bits per heavy atom. The summed E-state index contributed by atoms with van der Waals surface area (Å²) in [7, 11) is -6.73. The number of ether oxygens (including phenoxy) is 1. The van der Waals surface area contributed by atoms with E-state index in [1.165, 1.54) is 6.33 Å². The van der Waals surface area contributed by atoms with Gasteiger partial charge in [0.15, 0.2) is 6.23 Å². The molecule has 0 saturated carbocycles. The number of imidazole rings is 1. The van der Waals surface area contributed by atoms with Gasteiger partial charge in [0.25, 0.3) is 0 Å². The van der Waals surface area contributed by atoms with Crippen LogP contribution < -0.4 is 15.4 Å². The lowest BCUT2D eigenvalue weighted by Gasteiger charge is -2.20. The van der Waals surface area contributed by atoms with E-state index in [4.69, 9.17) is 13.8 Å². The number of nitrogens with zero attached hydrogens (tertiary/aromatic N) is 3. The molecule has 184 valence electrons. The molecule has 0 radical (unpaired) electrons. The van der Waals surface area contributed by atoms with Crippen molar-refractivity contribution in [1.29, 1.82) is 0 Å². The van der Waals surface area contributed by atoms with Gasteiger partial charge in [-0.15, -0.1) is 0 Å². The first-order valence-corrected chi connectivity index (χ1v) is 13.1. The zero-order valence-corrected chi connectivity index (χ0v) is 19.9. The van der Waals surface area contributed by atoms with Gasteiger partial charge in [-0.1, -0.05) is 6.92 Å². The lowest BCUT2D eigenvalue weighted by atomic mass is 10.2. The van der Waals surface area contributed by atoms with E-state index in [0.29, 0.717) is 18.1 Å². The number of aromatic nitrogens is 4. The molecule has 33 heavy (non-hydrogen) atoms. The maximum absolute atomic E-state index is 12.5. The zero-order valence-electron chi connectivity index (χ0n) is 18.1. The van der Waals surface area contributed by atoms with Crippen molar-refractivity contribution >= 4 is 32.8 Å². The van der Waals surface area contributed by atoms with Gasteiger partial charge in [-0.05, 0) is 6.42 Å². The van der Waals surface area contributed by atoms with Gasteiger partial charge in [0, 0.05) is 20.6 Å². The number of H-pyrrole nitrogens is 1. The molecular weight excluding hydrogens is 484 g/mol. The fraction of sp³-hybridized carbons (Fsp3) is 0.688. The summed E-state index contributed by atoms with van der Waals surface area (Å²) in [5, 5.41) is 3.16. The molecule has 0 bridgehead atoms. The van der Waals surface area contributed by atoms with Gasteiger partial charge >= 0.3 is 27.2 Å². The number of anilines is 1. The first-order valence-electron chi connectivity index (χ1n) is 10.1. The molecule has 15 nitrogen and oxygen atoms in total. The second-order valence-electron chi connectivity index (χ2n) is 7.55. The Morgan fingerprint density at radius 1 is 1.30 bits per heavy atom. The highest BCUT2D eigenvalue weighted by atomic mass is 31.2. The average molecular weight is 510 g/mol.